The van der Waals surface area contributed by atoms with E-state index < -0.39 is 44.1 Å². The summed E-state index contributed by atoms with van der Waals surface area (Å²) < 4.78 is 54.1. The number of carbonyl (C=O) groups is 1. The molecule has 0 spiro atoms. The number of carbonyl (C=O) groups excluding carboxylic acids is 1. The molecule has 8 rings (SSSR count). The van der Waals surface area contributed by atoms with Gasteiger partial charge in [0, 0.05) is 24.5 Å². The molecule has 0 aromatic heterocycles. The lowest BCUT2D eigenvalue weighted by Crippen LogP contribution is -2.50. The van der Waals surface area contributed by atoms with Crippen LogP contribution in [0.25, 0.3) is 11.1 Å². The molecule has 0 saturated carbocycles. The molecule has 340 valence electrons. The van der Waals surface area contributed by atoms with E-state index in [4.69, 9.17) is 37.5 Å². The number of hydrogen-bond acceptors (Lipinski definition) is 11. The Hall–Kier alpha value is -5.35. The number of amides is 1. The van der Waals surface area contributed by atoms with E-state index in [-0.39, 0.29) is 57.4 Å². The van der Waals surface area contributed by atoms with Crippen molar-refractivity contribution in [3.8, 4) is 28.7 Å². The van der Waals surface area contributed by atoms with E-state index in [1.807, 2.05) is 91.0 Å². The molecule has 2 fully saturated rings. The van der Waals surface area contributed by atoms with Gasteiger partial charge in [-0.05, 0) is 90.9 Å². The minimum absolute atomic E-state index is 0.0211. The number of benzene rings is 5. The zero-order chi connectivity index (χ0) is 45.6. The quantitative estimate of drug-likeness (QED) is 0.0455. The third-order valence-corrected chi connectivity index (χ3v) is 14.6. The lowest BCUT2D eigenvalue weighted by Gasteiger charge is -2.41. The lowest BCUT2D eigenvalue weighted by molar-refractivity contribution is -0.180. The molecule has 1 unspecified atom stereocenters. The van der Waals surface area contributed by atoms with Crippen molar-refractivity contribution in [2.45, 2.75) is 81.6 Å². The Morgan fingerprint density at radius 1 is 0.815 bits per heavy atom. The van der Waals surface area contributed by atoms with E-state index in [0.717, 1.165) is 38.9 Å². The summed E-state index contributed by atoms with van der Waals surface area (Å²) >= 11 is 0. The van der Waals surface area contributed by atoms with Gasteiger partial charge in [-0.2, -0.15) is 5.26 Å². The monoisotopic (exact) mass is 899 g/mol. The van der Waals surface area contributed by atoms with Gasteiger partial charge >= 0.3 is 6.09 Å². The molecule has 5 atom stereocenters. The van der Waals surface area contributed by atoms with Crippen LogP contribution in [0.5, 0.6) is 11.5 Å². The van der Waals surface area contributed by atoms with Gasteiger partial charge in [-0.25, -0.2) is 9.46 Å². The number of nitriles is 1. The summed E-state index contributed by atoms with van der Waals surface area (Å²) in [5.74, 6) is 1.33. The highest BCUT2D eigenvalue weighted by atomic mass is 31.2. The minimum atomic E-state index is -1.72. The first-order chi connectivity index (χ1) is 31.6. The minimum Gasteiger partial charge on any atom is -0.497 e. The van der Waals surface area contributed by atoms with Crippen LogP contribution in [0.1, 0.15) is 67.9 Å². The highest BCUT2D eigenvalue weighted by molar-refractivity contribution is 7.44. The molecule has 1 N–H and O–H groups in total. The average molecular weight is 900 g/mol. The van der Waals surface area contributed by atoms with Crippen molar-refractivity contribution in [2.24, 2.45) is 0 Å². The van der Waals surface area contributed by atoms with Crippen LogP contribution in [0.4, 0.5) is 4.79 Å². The largest absolute Gasteiger partial charge is 0.497 e. The second-order valence-corrected chi connectivity index (χ2v) is 18.5. The van der Waals surface area contributed by atoms with Gasteiger partial charge in [-0.1, -0.05) is 103 Å². The molecule has 13 heteroatoms. The average Bonchev–Trinajstić information content (AvgIpc) is 3.95. The van der Waals surface area contributed by atoms with Crippen molar-refractivity contribution in [1.82, 2.24) is 9.99 Å². The summed E-state index contributed by atoms with van der Waals surface area (Å²) in [5.41, 5.74) is 4.87. The lowest BCUT2D eigenvalue weighted by atomic mass is 9.79. The van der Waals surface area contributed by atoms with Gasteiger partial charge in [0.05, 0.1) is 46.5 Å². The molecule has 2 saturated heterocycles. The van der Waals surface area contributed by atoms with Crippen molar-refractivity contribution >= 4 is 14.6 Å². The van der Waals surface area contributed by atoms with E-state index in [1.165, 1.54) is 0 Å². The predicted octanol–water partition coefficient (Wildman–Crippen LogP) is 9.75. The first-order valence-electron chi connectivity index (χ1n) is 22.2. The van der Waals surface area contributed by atoms with Crippen LogP contribution >= 0.6 is 8.53 Å². The highest BCUT2D eigenvalue weighted by Gasteiger charge is 2.64. The zero-order valence-corrected chi connectivity index (χ0v) is 38.7. The Kier molecular flexibility index (Phi) is 14.5. The van der Waals surface area contributed by atoms with Crippen molar-refractivity contribution in [1.29, 1.82) is 5.26 Å². The van der Waals surface area contributed by atoms with Crippen LogP contribution in [-0.4, -0.2) is 94.0 Å². The third-order valence-electron chi connectivity index (χ3n) is 12.5. The topological polar surface area (TPSA) is 130 Å². The zero-order valence-electron chi connectivity index (χ0n) is 37.8. The fourth-order valence-electron chi connectivity index (χ4n) is 9.48. The summed E-state index contributed by atoms with van der Waals surface area (Å²) in [4.78, 5) is 13.6. The maximum atomic E-state index is 13.6. The molecular formula is C52H58N3O9P. The number of hydrogen-bond donors (Lipinski definition) is 1. The first kappa shape index (κ1) is 46.2. The van der Waals surface area contributed by atoms with Gasteiger partial charge in [0.15, 0.2) is 0 Å². The molecular weight excluding hydrogens is 842 g/mol. The molecule has 1 aliphatic carbocycles. The smallest absolute Gasteiger partial charge is 0.407 e. The molecule has 2 aliphatic heterocycles. The van der Waals surface area contributed by atoms with Gasteiger partial charge in [0.2, 0.25) is 0 Å². The fourth-order valence-corrected chi connectivity index (χ4v) is 11.3. The molecule has 12 nitrogen and oxygen atoms in total. The number of methoxy groups -OCH3 is 2. The number of nitrogens with one attached hydrogen (secondary N) is 1. The molecule has 5 aromatic rings. The van der Waals surface area contributed by atoms with E-state index in [1.54, 1.807) is 14.2 Å². The second kappa shape index (κ2) is 20.4. The SMILES string of the molecule is COc1ccc(C(OC[C@@]23CO[C@@H]([C@H](CNC(=O)OCC4c5ccccc5-c5ccccc54)O2)[C@@H]3OP(OCCC#N)N(C(C)C)C(C)C)(c2ccccc2)c2ccc(OC)cc2)cc1. The molecule has 5 aromatic carbocycles. The van der Waals surface area contributed by atoms with Crippen molar-refractivity contribution in [2.75, 3.05) is 47.2 Å². The number of alkyl carbamates (subject to hydrolysis) is 1. The summed E-state index contributed by atoms with van der Waals surface area (Å²) in [6.45, 7) is 9.03. The molecule has 3 aliphatic rings. The van der Waals surface area contributed by atoms with Crippen molar-refractivity contribution in [3.63, 3.8) is 0 Å². The Morgan fingerprint density at radius 2 is 1.37 bits per heavy atom. The van der Waals surface area contributed by atoms with Crippen LogP contribution in [0.2, 0.25) is 0 Å². The summed E-state index contributed by atoms with van der Waals surface area (Å²) in [7, 11) is 1.57. The van der Waals surface area contributed by atoms with Crippen molar-refractivity contribution in [3.05, 3.63) is 155 Å². The van der Waals surface area contributed by atoms with Crippen molar-refractivity contribution < 1.29 is 42.3 Å². The Labute approximate surface area is 383 Å². The van der Waals surface area contributed by atoms with Crippen LogP contribution in [0.15, 0.2) is 127 Å². The number of nitrogens with zero attached hydrogens (tertiary/aromatic N) is 2. The Bertz CT molecular complexity index is 2310. The second-order valence-electron chi connectivity index (χ2n) is 17.1. The summed E-state index contributed by atoms with van der Waals surface area (Å²) in [6, 6.07) is 44.6. The van der Waals surface area contributed by atoms with Gasteiger partial charge < -0.3 is 42.8 Å². The number of fused-ring (bicyclic) bond motifs is 5. The van der Waals surface area contributed by atoms with Gasteiger partial charge in [0.1, 0.15) is 47.6 Å². The van der Waals surface area contributed by atoms with E-state index in [0.29, 0.717) is 11.5 Å². The van der Waals surface area contributed by atoms with Crippen LogP contribution in [0, 0.1) is 11.3 Å². The molecule has 1 amide bonds. The summed E-state index contributed by atoms with van der Waals surface area (Å²) in [5, 5.41) is 12.5. The molecule has 65 heavy (non-hydrogen) atoms. The number of ether oxygens (including phenoxy) is 6. The van der Waals surface area contributed by atoms with E-state index in [2.05, 4.69) is 80.1 Å². The molecule has 2 bridgehead atoms. The van der Waals surface area contributed by atoms with Gasteiger partial charge in [-0.3, -0.25) is 0 Å². The first-order valence-corrected chi connectivity index (χ1v) is 23.4. The standard InChI is InChI=1S/C52H58N3O9P/c1-35(2)55(36(3)4)65(62-30-14-29-53)64-49-48-47(31-54-50(56)59-32-46-44-19-12-10-17-42(44)43-18-11-13-20-45(43)46)63-51(49,33-60-48)34-61-52(37-15-8-7-9-16-37,38-21-25-40(57-5)26-22-38)39-23-27-41(58-6)28-24-39/h7-13,15-28,35-36,46-49H,14,30-34H2,1-6H3,(H,54,56)/t47-,48-,49-,51+,65?/m0/s1. The van der Waals surface area contributed by atoms with E-state index in [9.17, 15) is 10.1 Å². The van der Waals surface area contributed by atoms with Gasteiger partial charge in [-0.15, -0.1) is 0 Å². The maximum absolute atomic E-state index is 13.6. The predicted molar refractivity (Wildman–Crippen MR) is 249 cm³/mol. The maximum Gasteiger partial charge on any atom is 0.407 e. The van der Waals surface area contributed by atoms with E-state index >= 15 is 0 Å². The Balaban J connectivity index is 1.11. The summed E-state index contributed by atoms with van der Waals surface area (Å²) in [6.07, 6.45) is -2.28. The highest BCUT2D eigenvalue weighted by Crippen LogP contribution is 2.54. The Morgan fingerprint density at radius 3 is 1.92 bits per heavy atom. The normalized spacial score (nSPS) is 20.4. The molecule has 2 heterocycles. The molecule has 0 radical (unpaired) electrons. The van der Waals surface area contributed by atoms with Crippen LogP contribution < -0.4 is 14.8 Å². The van der Waals surface area contributed by atoms with Crippen LogP contribution in [0.3, 0.4) is 0 Å². The third kappa shape index (κ3) is 9.38. The van der Waals surface area contributed by atoms with Crippen LogP contribution in [-0.2, 0) is 33.6 Å². The van der Waals surface area contributed by atoms with Gasteiger partial charge in [0.25, 0.3) is 8.53 Å². The number of rotatable bonds is 20. The fraction of sp³-hybridized carbons (Fsp3) is 0.385.